The van der Waals surface area contributed by atoms with Gasteiger partial charge in [0, 0.05) is 62.5 Å². The number of aromatic amines is 3. The highest BCUT2D eigenvalue weighted by molar-refractivity contribution is 5.75. The molecule has 1 saturated heterocycles. The van der Waals surface area contributed by atoms with Crippen LogP contribution in [0.2, 0.25) is 0 Å². The van der Waals surface area contributed by atoms with Gasteiger partial charge in [0.25, 0.3) is 0 Å². The Hall–Kier alpha value is -4.17. The average Bonchev–Trinajstić information content (AvgIpc) is 3.69. The lowest BCUT2D eigenvalue weighted by Gasteiger charge is -2.26. The van der Waals surface area contributed by atoms with Crippen molar-refractivity contribution in [1.82, 2.24) is 20.3 Å². The van der Waals surface area contributed by atoms with Crippen LogP contribution >= 0.6 is 0 Å². The molecule has 7 N–H and O–H groups in total. The number of carbonyl (C=O) groups is 1. The standard InChI is InChI=1S/C34H40N4O4/c1-7-19-16(4)24-12-28-22(14-39)21(9-10-29(40)41)32(38-28)30-18(6)34(42)31-17(5)25(37-33(30)31)13-27-20(8-2)15(3)23(35-27)11-26(19)36-24/h7,11-13,18,21-22,32,35-39,42H,1,8-10,14H2,2-6H3,(H,40,41)/b23-11-,27-13-,28-12-/t18-,21+,22+,32?/m1/s1. The van der Waals surface area contributed by atoms with Crippen LogP contribution < -0.4 is 26.6 Å². The minimum atomic E-state index is -0.864. The zero-order valence-electron chi connectivity index (χ0n) is 24.9. The molecule has 2 aliphatic heterocycles. The van der Waals surface area contributed by atoms with Crippen molar-refractivity contribution in [3.8, 4) is 0 Å². The van der Waals surface area contributed by atoms with E-state index in [1.54, 1.807) is 0 Å². The zero-order chi connectivity index (χ0) is 30.0. The number of H-pyrrole nitrogens is 3. The summed E-state index contributed by atoms with van der Waals surface area (Å²) in [6.45, 7) is 14.3. The number of aliphatic hydroxyl groups excluding tert-OH is 2. The fourth-order valence-electron chi connectivity index (χ4n) is 7.53. The van der Waals surface area contributed by atoms with E-state index in [1.165, 1.54) is 11.1 Å². The molecule has 8 bridgehead atoms. The van der Waals surface area contributed by atoms with Crippen molar-refractivity contribution in [2.75, 3.05) is 6.61 Å². The largest absolute Gasteiger partial charge is 0.511 e. The molecule has 0 aromatic carbocycles. The molecular weight excluding hydrogens is 528 g/mol. The van der Waals surface area contributed by atoms with E-state index >= 15 is 0 Å². The Morgan fingerprint density at radius 3 is 2.38 bits per heavy atom. The highest BCUT2D eigenvalue weighted by Crippen LogP contribution is 2.41. The Morgan fingerprint density at radius 1 is 1.00 bits per heavy atom. The number of aliphatic carboxylic acids is 1. The van der Waals surface area contributed by atoms with Crippen molar-refractivity contribution in [2.24, 2.45) is 17.8 Å². The van der Waals surface area contributed by atoms with Crippen LogP contribution in [0.15, 0.2) is 12.3 Å². The van der Waals surface area contributed by atoms with Crippen molar-refractivity contribution in [3.05, 3.63) is 78.4 Å². The van der Waals surface area contributed by atoms with E-state index in [0.29, 0.717) is 12.2 Å². The van der Waals surface area contributed by atoms with E-state index in [0.717, 1.165) is 72.7 Å². The van der Waals surface area contributed by atoms with E-state index in [-0.39, 0.29) is 36.8 Å². The van der Waals surface area contributed by atoms with Crippen molar-refractivity contribution in [3.63, 3.8) is 0 Å². The van der Waals surface area contributed by atoms with Gasteiger partial charge in [0.05, 0.1) is 18.0 Å². The van der Waals surface area contributed by atoms with E-state index in [2.05, 4.69) is 65.8 Å². The second-order valence-electron chi connectivity index (χ2n) is 12.0. The number of carboxylic acid groups (broad SMARTS) is 1. The fraction of sp³-hybridized carbons (Fsp3) is 0.382. The predicted octanol–water partition coefficient (Wildman–Crippen LogP) is 2.34. The Morgan fingerprint density at radius 2 is 1.71 bits per heavy atom. The maximum Gasteiger partial charge on any atom is 0.303 e. The fourth-order valence-corrected chi connectivity index (χ4v) is 7.53. The summed E-state index contributed by atoms with van der Waals surface area (Å²) >= 11 is 0. The molecule has 1 unspecified atom stereocenters. The summed E-state index contributed by atoms with van der Waals surface area (Å²) in [5.41, 5.74) is 10.1. The Bertz CT molecular complexity index is 1920. The van der Waals surface area contributed by atoms with Crippen LogP contribution in [0, 0.1) is 38.5 Å². The van der Waals surface area contributed by atoms with Crippen molar-refractivity contribution in [1.29, 1.82) is 0 Å². The summed E-state index contributed by atoms with van der Waals surface area (Å²) < 4.78 is 0. The lowest BCUT2D eigenvalue weighted by atomic mass is 9.80. The summed E-state index contributed by atoms with van der Waals surface area (Å²) in [5, 5.41) is 39.1. The molecule has 0 radical (unpaired) electrons. The molecule has 42 heavy (non-hydrogen) atoms. The Balaban J connectivity index is 1.72. The minimum Gasteiger partial charge on any atom is -0.511 e. The molecule has 1 fully saturated rings. The first-order valence-corrected chi connectivity index (χ1v) is 14.8. The number of hydrogen-bond acceptors (Lipinski definition) is 4. The summed E-state index contributed by atoms with van der Waals surface area (Å²) in [6.07, 6.45) is 9.42. The maximum atomic E-state index is 11.7. The first-order chi connectivity index (χ1) is 20.1. The van der Waals surface area contributed by atoms with Crippen LogP contribution in [0.25, 0.3) is 35.6 Å². The summed E-state index contributed by atoms with van der Waals surface area (Å²) in [6, 6.07) is -0.268. The molecule has 0 saturated carbocycles. The molecule has 5 heterocycles. The van der Waals surface area contributed by atoms with Crippen LogP contribution in [0.5, 0.6) is 0 Å². The molecule has 0 amide bonds. The molecule has 3 aliphatic rings. The molecule has 6 rings (SSSR count). The molecular formula is C34H40N4O4. The smallest absolute Gasteiger partial charge is 0.303 e. The van der Waals surface area contributed by atoms with Crippen LogP contribution in [0.3, 0.4) is 0 Å². The molecule has 0 spiro atoms. The normalized spacial score (nSPS) is 25.3. The second kappa shape index (κ2) is 10.3. The van der Waals surface area contributed by atoms with Gasteiger partial charge < -0.3 is 35.6 Å². The predicted molar refractivity (Wildman–Crippen MR) is 166 cm³/mol. The van der Waals surface area contributed by atoms with Crippen LogP contribution in [-0.2, 0) is 11.2 Å². The van der Waals surface area contributed by atoms with E-state index < -0.39 is 5.97 Å². The number of nitrogens with one attached hydrogen (secondary N) is 4. The van der Waals surface area contributed by atoms with E-state index in [9.17, 15) is 20.1 Å². The topological polar surface area (TPSA) is 137 Å². The molecule has 1 aliphatic carbocycles. The lowest BCUT2D eigenvalue weighted by Crippen LogP contribution is -2.36. The number of carboxylic acids is 1. The SMILES string of the molecule is C=Cc1c2[nH]c(c1C)/C=C1\NC(C3=c4[nH]c(c(C)c4=C(O)[C@@H]3C)/C=c3\[nH]/c(c(C)c3CC)=C\2)[C@@H](CCC(=O)O)[C@@H]1CO. The van der Waals surface area contributed by atoms with E-state index in [1.807, 2.05) is 19.9 Å². The van der Waals surface area contributed by atoms with Gasteiger partial charge in [-0.05, 0) is 85.6 Å². The maximum absolute atomic E-state index is 11.7. The van der Waals surface area contributed by atoms with Gasteiger partial charge in [-0.15, -0.1) is 0 Å². The van der Waals surface area contributed by atoms with Gasteiger partial charge in [-0.25, -0.2) is 0 Å². The third-order valence-electron chi connectivity index (χ3n) is 9.85. The molecule has 4 atom stereocenters. The second-order valence-corrected chi connectivity index (χ2v) is 12.0. The number of aromatic nitrogens is 3. The van der Waals surface area contributed by atoms with Crippen LogP contribution in [0.4, 0.5) is 0 Å². The van der Waals surface area contributed by atoms with Gasteiger partial charge in [-0.3, -0.25) is 4.79 Å². The number of aliphatic hydroxyl groups is 2. The van der Waals surface area contributed by atoms with Crippen molar-refractivity contribution >= 4 is 41.6 Å². The summed E-state index contributed by atoms with van der Waals surface area (Å²) in [5.74, 6) is -1.27. The summed E-state index contributed by atoms with van der Waals surface area (Å²) in [4.78, 5) is 22.6. The highest BCUT2D eigenvalue weighted by Gasteiger charge is 2.44. The van der Waals surface area contributed by atoms with Crippen LogP contribution in [-0.4, -0.2) is 48.9 Å². The number of hydrogen-bond donors (Lipinski definition) is 7. The van der Waals surface area contributed by atoms with Crippen molar-refractivity contribution in [2.45, 2.75) is 59.9 Å². The molecule has 3 aromatic rings. The number of rotatable bonds is 6. The van der Waals surface area contributed by atoms with E-state index in [4.69, 9.17) is 0 Å². The average molecular weight is 569 g/mol. The van der Waals surface area contributed by atoms with Gasteiger partial charge in [0.15, 0.2) is 0 Å². The third-order valence-corrected chi connectivity index (χ3v) is 9.85. The highest BCUT2D eigenvalue weighted by atomic mass is 16.4. The first-order valence-electron chi connectivity index (χ1n) is 14.8. The van der Waals surface area contributed by atoms with Crippen molar-refractivity contribution < 1.29 is 20.1 Å². The van der Waals surface area contributed by atoms with Gasteiger partial charge >= 0.3 is 5.97 Å². The van der Waals surface area contributed by atoms with Gasteiger partial charge in [0.2, 0.25) is 0 Å². The molecule has 8 nitrogen and oxygen atoms in total. The number of fused-ring (bicyclic) bond motifs is 8. The third kappa shape index (κ3) is 4.11. The Kier molecular flexibility index (Phi) is 6.84. The van der Waals surface area contributed by atoms with Gasteiger partial charge in [-0.1, -0.05) is 26.5 Å². The Labute approximate surface area is 244 Å². The quantitative estimate of drug-likeness (QED) is 0.245. The zero-order valence-corrected chi connectivity index (χ0v) is 24.9. The monoisotopic (exact) mass is 568 g/mol. The molecule has 8 heteroatoms. The molecule has 3 aromatic heterocycles. The molecule has 220 valence electrons. The summed E-state index contributed by atoms with van der Waals surface area (Å²) in [7, 11) is 0. The lowest BCUT2D eigenvalue weighted by molar-refractivity contribution is -0.137. The first kappa shape index (κ1) is 28.0. The van der Waals surface area contributed by atoms with Crippen LogP contribution in [0.1, 0.15) is 71.6 Å². The minimum absolute atomic E-state index is 0.00501. The van der Waals surface area contributed by atoms with Gasteiger partial charge in [0.1, 0.15) is 5.76 Å². The van der Waals surface area contributed by atoms with Gasteiger partial charge in [-0.2, -0.15) is 0 Å².